The molecule has 2 aromatic rings. The highest BCUT2D eigenvalue weighted by Crippen LogP contribution is 2.30. The van der Waals surface area contributed by atoms with Crippen LogP contribution in [0.25, 0.3) is 0 Å². The second-order valence-electron chi connectivity index (χ2n) is 13.2. The zero-order chi connectivity index (χ0) is 34.1. The third-order valence-corrected chi connectivity index (χ3v) is 8.83. The van der Waals surface area contributed by atoms with Crippen molar-refractivity contribution in [2.75, 3.05) is 32.8 Å². The Bertz CT molecular complexity index is 1360. The van der Waals surface area contributed by atoms with Crippen LogP contribution in [-0.2, 0) is 27.0 Å². The minimum atomic E-state index is -4.53. The van der Waals surface area contributed by atoms with Gasteiger partial charge in [0.1, 0.15) is 24.4 Å². The number of carbonyl (C=O) groups excluding carboxylic acids is 3. The summed E-state index contributed by atoms with van der Waals surface area (Å²) in [6.45, 7) is 10.1. The molecular formula is C35H48F3N5O4. The van der Waals surface area contributed by atoms with E-state index in [9.17, 15) is 27.6 Å². The Morgan fingerprint density at radius 2 is 1.64 bits per heavy atom. The molecule has 4 rings (SSSR count). The number of benzene rings is 2. The van der Waals surface area contributed by atoms with Crippen LogP contribution in [0, 0.1) is 5.92 Å². The van der Waals surface area contributed by atoms with Crippen molar-refractivity contribution < 1.29 is 32.3 Å². The van der Waals surface area contributed by atoms with E-state index in [1.165, 1.54) is 6.07 Å². The van der Waals surface area contributed by atoms with Crippen molar-refractivity contribution in [1.82, 2.24) is 26.2 Å². The molecule has 1 saturated heterocycles. The fourth-order valence-corrected chi connectivity index (χ4v) is 6.12. The molecule has 12 heteroatoms. The SMILES string of the molecule is CC1CCNC(=O)[C@H](CN2CCCC2)NC(=O)[C@@H](C(C)C)NC(=O)[C@@H](Cc2cccc(C(F)(F)F)c2)N[C@@H](C)COc2ccccc21. The highest BCUT2D eigenvalue weighted by Gasteiger charge is 2.34. The molecule has 47 heavy (non-hydrogen) atoms. The highest BCUT2D eigenvalue weighted by atomic mass is 19.4. The van der Waals surface area contributed by atoms with Crippen molar-refractivity contribution in [3.05, 3.63) is 65.2 Å². The van der Waals surface area contributed by atoms with E-state index in [0.717, 1.165) is 43.6 Å². The van der Waals surface area contributed by atoms with Crippen LogP contribution in [-0.4, -0.2) is 79.6 Å². The number of likely N-dealkylation sites (tertiary alicyclic amines) is 1. The molecule has 0 spiro atoms. The lowest BCUT2D eigenvalue weighted by atomic mass is 9.96. The van der Waals surface area contributed by atoms with Gasteiger partial charge in [-0.05, 0) is 80.8 Å². The fourth-order valence-electron chi connectivity index (χ4n) is 6.12. The first-order valence-electron chi connectivity index (χ1n) is 16.6. The third-order valence-electron chi connectivity index (χ3n) is 8.83. The number of halogens is 3. The van der Waals surface area contributed by atoms with Crippen molar-refractivity contribution >= 4 is 17.7 Å². The van der Waals surface area contributed by atoms with Crippen molar-refractivity contribution in [2.45, 2.75) is 89.6 Å². The standard InChI is InChI=1S/C35H48F3N5O4/c1-22(2)31-34(46)41-29(20-43-16-7-8-17-43)32(44)39-15-14-23(3)27-12-5-6-13-30(27)47-21-24(4)40-28(33(45)42-31)19-25-10-9-11-26(18-25)35(36,37)38/h5-6,9-13,18,22-24,28-29,31,40H,7-8,14-17,19-21H2,1-4H3,(H,39,44)(H,41,46)(H,42,45)/t23?,24-,28+,29-,31+/m0/s1. The number of ether oxygens (including phenoxy) is 1. The van der Waals surface area contributed by atoms with Gasteiger partial charge in [0.05, 0.1) is 11.6 Å². The van der Waals surface area contributed by atoms with Crippen LogP contribution in [0.2, 0.25) is 0 Å². The number of hydrogen-bond donors (Lipinski definition) is 4. The third kappa shape index (κ3) is 10.4. The van der Waals surface area contributed by atoms with Gasteiger partial charge in [0.2, 0.25) is 17.7 Å². The number of hydrogen-bond acceptors (Lipinski definition) is 6. The second-order valence-corrected chi connectivity index (χ2v) is 13.2. The van der Waals surface area contributed by atoms with E-state index in [1.807, 2.05) is 31.2 Å². The first-order valence-corrected chi connectivity index (χ1v) is 16.6. The fraction of sp³-hybridized carbons (Fsp3) is 0.571. The van der Waals surface area contributed by atoms with Gasteiger partial charge >= 0.3 is 6.18 Å². The molecule has 5 atom stereocenters. The number of para-hydroxylation sites is 1. The number of fused-ring (bicyclic) bond motifs is 1. The first-order chi connectivity index (χ1) is 22.3. The average molecular weight is 660 g/mol. The number of amides is 3. The van der Waals surface area contributed by atoms with Crippen molar-refractivity contribution in [1.29, 1.82) is 0 Å². The topological polar surface area (TPSA) is 112 Å². The second kappa shape index (κ2) is 16.5. The first kappa shape index (κ1) is 36.2. The van der Waals surface area contributed by atoms with Gasteiger partial charge in [0, 0.05) is 19.1 Å². The Morgan fingerprint density at radius 3 is 2.34 bits per heavy atom. The molecule has 258 valence electrons. The normalized spacial score (nSPS) is 26.0. The molecule has 2 heterocycles. The van der Waals surface area contributed by atoms with Crippen molar-refractivity contribution in [3.63, 3.8) is 0 Å². The number of carbonyl (C=O) groups is 3. The molecule has 0 saturated carbocycles. The molecule has 9 nitrogen and oxygen atoms in total. The van der Waals surface area contributed by atoms with E-state index in [2.05, 4.69) is 33.1 Å². The molecule has 4 N–H and O–H groups in total. The maximum Gasteiger partial charge on any atom is 0.416 e. The Kier molecular flexibility index (Phi) is 12.7. The van der Waals surface area contributed by atoms with Crippen molar-refractivity contribution in [2.24, 2.45) is 5.92 Å². The van der Waals surface area contributed by atoms with Crippen LogP contribution in [0.3, 0.4) is 0 Å². The molecule has 2 aromatic carbocycles. The van der Waals surface area contributed by atoms with Crippen molar-refractivity contribution in [3.8, 4) is 5.75 Å². The van der Waals surface area contributed by atoms with E-state index in [0.29, 0.717) is 30.8 Å². The summed E-state index contributed by atoms with van der Waals surface area (Å²) < 4.78 is 46.7. The van der Waals surface area contributed by atoms with Crippen LogP contribution in [0.5, 0.6) is 5.75 Å². The lowest BCUT2D eigenvalue weighted by Gasteiger charge is -2.30. The molecule has 2 aliphatic rings. The lowest BCUT2D eigenvalue weighted by molar-refractivity contribution is -0.137. The van der Waals surface area contributed by atoms with Gasteiger partial charge in [0.25, 0.3) is 0 Å². The lowest BCUT2D eigenvalue weighted by Crippen LogP contribution is -2.60. The minimum Gasteiger partial charge on any atom is -0.492 e. The Labute approximate surface area is 275 Å². The average Bonchev–Trinajstić information content (AvgIpc) is 3.54. The molecule has 0 aromatic heterocycles. The van der Waals surface area contributed by atoms with Gasteiger partial charge in [-0.25, -0.2) is 0 Å². The highest BCUT2D eigenvalue weighted by molar-refractivity contribution is 5.93. The summed E-state index contributed by atoms with van der Waals surface area (Å²) >= 11 is 0. The summed E-state index contributed by atoms with van der Waals surface area (Å²) in [5, 5.41) is 12.0. The van der Waals surface area contributed by atoms with Gasteiger partial charge in [-0.2, -0.15) is 13.2 Å². The van der Waals surface area contributed by atoms with Crippen LogP contribution in [0.15, 0.2) is 48.5 Å². The summed E-state index contributed by atoms with van der Waals surface area (Å²) in [6.07, 6.45) is -1.91. The molecule has 2 aliphatic heterocycles. The van der Waals surface area contributed by atoms with Gasteiger partial charge < -0.3 is 25.6 Å². The predicted molar refractivity (Wildman–Crippen MR) is 174 cm³/mol. The van der Waals surface area contributed by atoms with E-state index in [4.69, 9.17) is 4.74 Å². The van der Waals surface area contributed by atoms with Crippen LogP contribution in [0.1, 0.15) is 69.6 Å². The molecule has 3 amide bonds. The van der Waals surface area contributed by atoms with E-state index in [-0.39, 0.29) is 36.8 Å². The number of alkyl halides is 3. The number of nitrogens with one attached hydrogen (secondary N) is 4. The molecular weight excluding hydrogens is 611 g/mol. The number of nitrogens with zero attached hydrogens (tertiary/aromatic N) is 1. The Balaban J connectivity index is 1.65. The zero-order valence-electron chi connectivity index (χ0n) is 27.7. The van der Waals surface area contributed by atoms with Gasteiger partial charge in [-0.15, -0.1) is 0 Å². The van der Waals surface area contributed by atoms with Crippen LogP contribution in [0.4, 0.5) is 13.2 Å². The smallest absolute Gasteiger partial charge is 0.416 e. The molecule has 1 fully saturated rings. The summed E-state index contributed by atoms with van der Waals surface area (Å²) in [7, 11) is 0. The Hall–Kier alpha value is -3.64. The summed E-state index contributed by atoms with van der Waals surface area (Å²) in [4.78, 5) is 43.2. The maximum absolute atomic E-state index is 13.9. The monoisotopic (exact) mass is 659 g/mol. The predicted octanol–water partition coefficient (Wildman–Crippen LogP) is 4.02. The van der Waals surface area contributed by atoms with Gasteiger partial charge in [0.15, 0.2) is 0 Å². The van der Waals surface area contributed by atoms with E-state index >= 15 is 0 Å². The molecule has 0 aliphatic carbocycles. The maximum atomic E-state index is 13.9. The Morgan fingerprint density at radius 1 is 0.915 bits per heavy atom. The van der Waals surface area contributed by atoms with Gasteiger partial charge in [-0.1, -0.05) is 57.2 Å². The molecule has 1 unspecified atom stereocenters. The van der Waals surface area contributed by atoms with E-state index < -0.39 is 41.7 Å². The minimum absolute atomic E-state index is 0.0463. The largest absolute Gasteiger partial charge is 0.492 e. The summed E-state index contributed by atoms with van der Waals surface area (Å²) in [5.74, 6) is -0.949. The van der Waals surface area contributed by atoms with E-state index in [1.54, 1.807) is 19.9 Å². The van der Waals surface area contributed by atoms with Gasteiger partial charge in [-0.3, -0.25) is 19.7 Å². The summed E-state index contributed by atoms with van der Waals surface area (Å²) in [6, 6.07) is 9.35. The molecule has 0 radical (unpaired) electrons. The van der Waals surface area contributed by atoms with Crippen LogP contribution >= 0.6 is 0 Å². The quantitative estimate of drug-likeness (QED) is 0.386. The van der Waals surface area contributed by atoms with Crippen LogP contribution < -0.4 is 26.0 Å². The molecule has 0 bridgehead atoms. The summed E-state index contributed by atoms with van der Waals surface area (Å²) in [5.41, 5.74) is 0.476. The number of rotatable bonds is 5. The zero-order valence-corrected chi connectivity index (χ0v) is 27.7.